The quantitative estimate of drug-likeness (QED) is 0.648. The minimum Gasteiger partial charge on any atom is -0.508 e. The molecule has 2 aromatic carbocycles. The van der Waals surface area contributed by atoms with E-state index in [0.717, 1.165) is 0 Å². The van der Waals surface area contributed by atoms with E-state index in [2.05, 4.69) is 0 Å². The van der Waals surface area contributed by atoms with Crippen LogP contribution < -0.4 is 5.43 Å². The first-order chi connectivity index (χ1) is 9.16. The molecule has 1 heterocycles. The summed E-state index contributed by atoms with van der Waals surface area (Å²) >= 11 is 0. The molecular formula is C15H12O4. The fraction of sp³-hybridized carbons (Fsp3) is 0. The zero-order valence-corrected chi connectivity index (χ0v) is 9.98. The van der Waals surface area contributed by atoms with Gasteiger partial charge in [-0.3, -0.25) is 4.79 Å². The van der Waals surface area contributed by atoms with Crippen molar-refractivity contribution in [3.63, 3.8) is 0 Å². The summed E-state index contributed by atoms with van der Waals surface area (Å²) in [4.78, 5) is 11.1. The Labute approximate surface area is 109 Å². The van der Waals surface area contributed by atoms with Crippen molar-refractivity contribution in [2.45, 2.75) is 0 Å². The summed E-state index contributed by atoms with van der Waals surface area (Å²) in [6.07, 6.45) is 1.31. The summed E-state index contributed by atoms with van der Waals surface area (Å²) in [6, 6.07) is 14.5. The third-order valence-electron chi connectivity index (χ3n) is 2.40. The summed E-state index contributed by atoms with van der Waals surface area (Å²) in [5, 5.41) is 18.2. The maximum atomic E-state index is 11.1. The molecular weight excluding hydrogens is 244 g/mol. The lowest BCUT2D eigenvalue weighted by Gasteiger charge is -1.94. The normalized spacial score (nSPS) is 9.68. The highest BCUT2D eigenvalue weighted by atomic mass is 16.3. The maximum absolute atomic E-state index is 11.1. The topological polar surface area (TPSA) is 70.7 Å². The lowest BCUT2D eigenvalue weighted by molar-refractivity contribution is 0.474. The van der Waals surface area contributed by atoms with Crippen molar-refractivity contribution in [2.24, 2.45) is 0 Å². The second-order valence-corrected chi connectivity index (χ2v) is 3.80. The Bertz CT molecular complexity index is 717. The number of rotatable bonds is 0. The van der Waals surface area contributed by atoms with Crippen LogP contribution >= 0.6 is 0 Å². The number of fused-ring (bicyclic) bond motifs is 1. The van der Waals surface area contributed by atoms with Crippen molar-refractivity contribution in [3.05, 3.63) is 71.1 Å². The van der Waals surface area contributed by atoms with Gasteiger partial charge in [0, 0.05) is 12.1 Å². The van der Waals surface area contributed by atoms with Crippen LogP contribution in [-0.4, -0.2) is 10.2 Å². The van der Waals surface area contributed by atoms with E-state index in [4.69, 9.17) is 14.6 Å². The second-order valence-electron chi connectivity index (χ2n) is 3.80. The highest BCUT2D eigenvalue weighted by Gasteiger charge is 1.99. The van der Waals surface area contributed by atoms with E-state index in [1.807, 2.05) is 6.07 Å². The van der Waals surface area contributed by atoms with Gasteiger partial charge in [-0.2, -0.15) is 0 Å². The van der Waals surface area contributed by atoms with E-state index in [1.54, 1.807) is 24.3 Å². The highest BCUT2D eigenvalue weighted by molar-refractivity contribution is 5.77. The molecule has 4 nitrogen and oxygen atoms in total. The smallest absolute Gasteiger partial charge is 0.192 e. The SMILES string of the molecule is O=c1ccoc2cc(O)ccc12.Oc1ccccc1. The standard InChI is InChI=1S/C9H6O3.C6H6O/c10-6-1-2-7-8(11)3-4-12-9(7)5-6;7-6-4-2-1-3-5-6/h1-5,10H;1-5,7H. The highest BCUT2D eigenvalue weighted by Crippen LogP contribution is 2.16. The van der Waals surface area contributed by atoms with E-state index in [-0.39, 0.29) is 11.2 Å². The van der Waals surface area contributed by atoms with Gasteiger partial charge in [0.05, 0.1) is 11.6 Å². The van der Waals surface area contributed by atoms with Crippen LogP contribution in [0.3, 0.4) is 0 Å². The third-order valence-corrected chi connectivity index (χ3v) is 2.40. The Morgan fingerprint density at radius 3 is 2.21 bits per heavy atom. The second kappa shape index (κ2) is 5.73. The van der Waals surface area contributed by atoms with Gasteiger partial charge in [-0.25, -0.2) is 0 Å². The summed E-state index contributed by atoms with van der Waals surface area (Å²) in [7, 11) is 0. The van der Waals surface area contributed by atoms with Gasteiger partial charge >= 0.3 is 0 Å². The monoisotopic (exact) mass is 256 g/mol. The Morgan fingerprint density at radius 2 is 1.58 bits per heavy atom. The number of benzene rings is 2. The first-order valence-corrected chi connectivity index (χ1v) is 5.61. The van der Waals surface area contributed by atoms with Crippen LogP contribution in [-0.2, 0) is 0 Å². The molecule has 0 aliphatic heterocycles. The largest absolute Gasteiger partial charge is 0.508 e. The van der Waals surface area contributed by atoms with Crippen LogP contribution in [0, 0.1) is 0 Å². The molecule has 0 bridgehead atoms. The minimum atomic E-state index is -0.101. The summed E-state index contributed by atoms with van der Waals surface area (Å²) in [5.74, 6) is 0.416. The Balaban J connectivity index is 0.000000163. The van der Waals surface area contributed by atoms with Crippen molar-refractivity contribution in [1.29, 1.82) is 0 Å². The third kappa shape index (κ3) is 3.35. The fourth-order valence-corrected chi connectivity index (χ4v) is 1.50. The Hall–Kier alpha value is -2.75. The van der Waals surface area contributed by atoms with E-state index in [0.29, 0.717) is 16.7 Å². The zero-order chi connectivity index (χ0) is 13.7. The first-order valence-electron chi connectivity index (χ1n) is 5.61. The van der Waals surface area contributed by atoms with Crippen LogP contribution in [0.2, 0.25) is 0 Å². The number of aromatic hydroxyl groups is 2. The summed E-state index contributed by atoms with van der Waals surface area (Å²) in [5.41, 5.74) is 0.304. The molecule has 0 amide bonds. The average molecular weight is 256 g/mol. The number of hydrogen-bond donors (Lipinski definition) is 2. The van der Waals surface area contributed by atoms with Crippen molar-refractivity contribution in [3.8, 4) is 11.5 Å². The van der Waals surface area contributed by atoms with Crippen LogP contribution in [0.4, 0.5) is 0 Å². The number of para-hydroxylation sites is 1. The van der Waals surface area contributed by atoms with E-state index >= 15 is 0 Å². The minimum absolute atomic E-state index is 0.0943. The predicted octanol–water partition coefficient (Wildman–Crippen LogP) is 2.89. The molecule has 3 rings (SSSR count). The fourth-order valence-electron chi connectivity index (χ4n) is 1.50. The van der Waals surface area contributed by atoms with Gasteiger partial charge in [0.15, 0.2) is 5.43 Å². The first kappa shape index (κ1) is 12.7. The molecule has 0 radical (unpaired) electrons. The molecule has 3 aromatic rings. The molecule has 0 unspecified atom stereocenters. The van der Waals surface area contributed by atoms with Crippen molar-refractivity contribution >= 4 is 11.0 Å². The average Bonchev–Trinajstić information content (AvgIpc) is 2.40. The molecule has 1 aromatic heterocycles. The molecule has 0 aliphatic carbocycles. The lowest BCUT2D eigenvalue weighted by atomic mass is 10.2. The zero-order valence-electron chi connectivity index (χ0n) is 9.98. The van der Waals surface area contributed by atoms with Crippen LogP contribution in [0.25, 0.3) is 11.0 Å². The van der Waals surface area contributed by atoms with Crippen molar-refractivity contribution in [2.75, 3.05) is 0 Å². The molecule has 0 fully saturated rings. The van der Waals surface area contributed by atoms with Crippen molar-refractivity contribution < 1.29 is 14.6 Å². The molecule has 2 N–H and O–H groups in total. The molecule has 19 heavy (non-hydrogen) atoms. The van der Waals surface area contributed by atoms with Crippen LogP contribution in [0.1, 0.15) is 0 Å². The van der Waals surface area contributed by atoms with E-state index in [9.17, 15) is 4.79 Å². The number of phenolic OH excluding ortho intramolecular Hbond substituents is 2. The molecule has 0 saturated carbocycles. The van der Waals surface area contributed by atoms with Gasteiger partial charge in [0.1, 0.15) is 17.1 Å². The lowest BCUT2D eigenvalue weighted by Crippen LogP contribution is -1.96. The molecule has 96 valence electrons. The number of phenols is 2. The molecule has 0 aliphatic rings. The molecule has 4 heteroatoms. The Morgan fingerprint density at radius 1 is 0.842 bits per heavy atom. The maximum Gasteiger partial charge on any atom is 0.192 e. The summed E-state index contributed by atoms with van der Waals surface area (Å²) in [6.45, 7) is 0. The van der Waals surface area contributed by atoms with Gasteiger partial charge in [-0.1, -0.05) is 18.2 Å². The Kier molecular flexibility index (Phi) is 3.83. The van der Waals surface area contributed by atoms with Crippen LogP contribution in [0.15, 0.2) is 70.1 Å². The molecule has 0 spiro atoms. The predicted molar refractivity (Wildman–Crippen MR) is 72.3 cm³/mol. The van der Waals surface area contributed by atoms with Gasteiger partial charge in [-0.15, -0.1) is 0 Å². The van der Waals surface area contributed by atoms with Gasteiger partial charge in [-0.05, 0) is 24.3 Å². The van der Waals surface area contributed by atoms with Gasteiger partial charge < -0.3 is 14.6 Å². The van der Waals surface area contributed by atoms with E-state index < -0.39 is 0 Å². The summed E-state index contributed by atoms with van der Waals surface area (Å²) < 4.78 is 5.01. The van der Waals surface area contributed by atoms with Gasteiger partial charge in [0.2, 0.25) is 0 Å². The van der Waals surface area contributed by atoms with Gasteiger partial charge in [0.25, 0.3) is 0 Å². The van der Waals surface area contributed by atoms with Crippen LogP contribution in [0.5, 0.6) is 11.5 Å². The van der Waals surface area contributed by atoms with Crippen molar-refractivity contribution in [1.82, 2.24) is 0 Å². The number of hydrogen-bond acceptors (Lipinski definition) is 4. The molecule has 0 saturated heterocycles. The molecule has 0 atom stereocenters. The van der Waals surface area contributed by atoms with E-state index in [1.165, 1.54) is 30.5 Å².